The van der Waals surface area contributed by atoms with Crippen LogP contribution in [0.1, 0.15) is 15.9 Å². The Bertz CT molecular complexity index is 891. The highest BCUT2D eigenvalue weighted by atomic mass is 35.5. The Hall–Kier alpha value is -1.65. The second kappa shape index (κ2) is 8.83. The fraction of sp³-hybridized carbons (Fsp3) is 0.0500. The van der Waals surface area contributed by atoms with Gasteiger partial charge in [0.25, 0.3) is 5.91 Å². The zero-order valence-corrected chi connectivity index (χ0v) is 16.6. The Morgan fingerprint density at radius 3 is 2.04 bits per heavy atom. The van der Waals surface area contributed by atoms with E-state index in [0.717, 1.165) is 21.2 Å². The van der Waals surface area contributed by atoms with Crippen LogP contribution >= 0.6 is 46.6 Å². The number of halogens is 3. The van der Waals surface area contributed by atoms with Gasteiger partial charge in [0.2, 0.25) is 0 Å². The van der Waals surface area contributed by atoms with Crippen molar-refractivity contribution in [3.8, 4) is 0 Å². The molecule has 0 bridgehead atoms. The predicted molar refractivity (Wildman–Crippen MR) is 112 cm³/mol. The van der Waals surface area contributed by atoms with Crippen molar-refractivity contribution >= 4 is 58.2 Å². The molecule has 3 aromatic carbocycles. The lowest BCUT2D eigenvalue weighted by Crippen LogP contribution is -2.11. The second-order valence-corrected chi connectivity index (χ2v) is 7.91. The average molecular weight is 423 g/mol. The van der Waals surface area contributed by atoms with Crippen LogP contribution in [0.3, 0.4) is 0 Å². The fourth-order valence-corrected chi connectivity index (χ4v) is 3.78. The number of benzene rings is 3. The van der Waals surface area contributed by atoms with Crippen molar-refractivity contribution < 1.29 is 4.79 Å². The van der Waals surface area contributed by atoms with Crippen LogP contribution in [-0.4, -0.2) is 5.91 Å². The topological polar surface area (TPSA) is 29.1 Å². The Kier molecular flexibility index (Phi) is 6.49. The molecule has 2 nitrogen and oxygen atoms in total. The third-order valence-corrected chi connectivity index (χ3v) is 5.33. The van der Waals surface area contributed by atoms with Gasteiger partial charge in [0, 0.05) is 37.0 Å². The Balaban J connectivity index is 1.60. The van der Waals surface area contributed by atoms with Crippen molar-refractivity contribution in [2.75, 3.05) is 5.32 Å². The van der Waals surface area contributed by atoms with Crippen LogP contribution in [-0.2, 0) is 5.75 Å². The maximum absolute atomic E-state index is 12.3. The van der Waals surface area contributed by atoms with Crippen LogP contribution in [0.4, 0.5) is 5.69 Å². The molecule has 0 atom stereocenters. The molecule has 0 fully saturated rings. The standard InChI is InChI=1S/C20H14Cl3NOS/c21-15-3-7-19(8-4-15)26-12-13-1-5-18(6-2-13)24-20(25)14-9-16(22)11-17(23)10-14/h1-11H,12H2,(H,24,25). The fourth-order valence-electron chi connectivity index (χ4n) is 2.27. The number of amides is 1. The summed E-state index contributed by atoms with van der Waals surface area (Å²) in [4.78, 5) is 13.5. The number of anilines is 1. The Labute approximate surface area is 171 Å². The first-order valence-electron chi connectivity index (χ1n) is 7.74. The van der Waals surface area contributed by atoms with Crippen molar-refractivity contribution in [2.45, 2.75) is 10.6 Å². The molecular formula is C20H14Cl3NOS. The number of rotatable bonds is 5. The molecule has 0 aliphatic heterocycles. The van der Waals surface area contributed by atoms with Crippen LogP contribution in [0.25, 0.3) is 0 Å². The van der Waals surface area contributed by atoms with Gasteiger partial charge in [0.1, 0.15) is 0 Å². The molecular weight excluding hydrogens is 409 g/mol. The number of hydrogen-bond acceptors (Lipinski definition) is 2. The van der Waals surface area contributed by atoms with E-state index >= 15 is 0 Å². The third-order valence-electron chi connectivity index (χ3n) is 3.56. The van der Waals surface area contributed by atoms with E-state index in [9.17, 15) is 4.79 Å². The number of thioether (sulfide) groups is 1. The Morgan fingerprint density at radius 1 is 0.808 bits per heavy atom. The minimum absolute atomic E-state index is 0.252. The molecule has 1 amide bonds. The van der Waals surface area contributed by atoms with Crippen molar-refractivity contribution in [2.24, 2.45) is 0 Å². The largest absolute Gasteiger partial charge is 0.322 e. The zero-order valence-electron chi connectivity index (χ0n) is 13.5. The normalized spacial score (nSPS) is 10.6. The predicted octanol–water partition coefficient (Wildman–Crippen LogP) is 7.19. The molecule has 3 rings (SSSR count). The zero-order chi connectivity index (χ0) is 18.5. The molecule has 0 radical (unpaired) electrons. The molecule has 0 spiro atoms. The lowest BCUT2D eigenvalue weighted by atomic mass is 10.2. The first-order valence-corrected chi connectivity index (χ1v) is 9.86. The van der Waals surface area contributed by atoms with E-state index in [1.165, 1.54) is 0 Å². The summed E-state index contributed by atoms with van der Waals surface area (Å²) in [7, 11) is 0. The van der Waals surface area contributed by atoms with Gasteiger partial charge in [-0.3, -0.25) is 4.79 Å². The Morgan fingerprint density at radius 2 is 1.42 bits per heavy atom. The summed E-state index contributed by atoms with van der Waals surface area (Å²) >= 11 is 19.5. The molecule has 0 aliphatic carbocycles. The van der Waals surface area contributed by atoms with Crippen LogP contribution in [0, 0.1) is 0 Å². The summed E-state index contributed by atoms with van der Waals surface area (Å²) in [6.45, 7) is 0. The summed E-state index contributed by atoms with van der Waals surface area (Å²) in [6, 6.07) is 20.2. The summed E-state index contributed by atoms with van der Waals surface area (Å²) in [5.41, 5.74) is 2.30. The summed E-state index contributed by atoms with van der Waals surface area (Å²) < 4.78 is 0. The van der Waals surface area contributed by atoms with Gasteiger partial charge in [0.05, 0.1) is 0 Å². The van der Waals surface area contributed by atoms with E-state index in [0.29, 0.717) is 21.3 Å². The first kappa shape index (κ1) is 19.1. The number of carbonyl (C=O) groups excluding carboxylic acids is 1. The average Bonchev–Trinajstić information content (AvgIpc) is 2.61. The van der Waals surface area contributed by atoms with Crippen molar-refractivity contribution in [1.29, 1.82) is 0 Å². The highest BCUT2D eigenvalue weighted by Crippen LogP contribution is 2.25. The second-order valence-electron chi connectivity index (χ2n) is 5.55. The molecule has 0 saturated carbocycles. The summed E-state index contributed by atoms with van der Waals surface area (Å²) in [5, 5.41) is 4.43. The number of nitrogens with one attached hydrogen (secondary N) is 1. The van der Waals surface area contributed by atoms with Crippen molar-refractivity contribution in [3.05, 3.63) is 92.9 Å². The van der Waals surface area contributed by atoms with Crippen LogP contribution in [0.5, 0.6) is 0 Å². The van der Waals surface area contributed by atoms with Gasteiger partial charge in [-0.2, -0.15) is 0 Å². The van der Waals surface area contributed by atoms with Crippen molar-refractivity contribution in [3.63, 3.8) is 0 Å². The van der Waals surface area contributed by atoms with Gasteiger partial charge in [-0.1, -0.05) is 46.9 Å². The van der Waals surface area contributed by atoms with Gasteiger partial charge < -0.3 is 5.32 Å². The SMILES string of the molecule is O=C(Nc1ccc(CSc2ccc(Cl)cc2)cc1)c1cc(Cl)cc(Cl)c1. The van der Waals surface area contributed by atoms with Crippen LogP contribution in [0.2, 0.25) is 15.1 Å². The first-order chi connectivity index (χ1) is 12.5. The van der Waals surface area contributed by atoms with E-state index in [4.69, 9.17) is 34.8 Å². The number of carbonyl (C=O) groups is 1. The molecule has 0 heterocycles. The van der Waals surface area contributed by atoms with Gasteiger partial charge in [-0.25, -0.2) is 0 Å². The minimum atomic E-state index is -0.252. The van der Waals surface area contributed by atoms with E-state index in [1.54, 1.807) is 30.0 Å². The van der Waals surface area contributed by atoms with Gasteiger partial charge in [-0.15, -0.1) is 11.8 Å². The van der Waals surface area contributed by atoms with Crippen molar-refractivity contribution in [1.82, 2.24) is 0 Å². The molecule has 26 heavy (non-hydrogen) atoms. The minimum Gasteiger partial charge on any atom is -0.322 e. The highest BCUT2D eigenvalue weighted by Gasteiger charge is 2.08. The lowest BCUT2D eigenvalue weighted by Gasteiger charge is -2.08. The smallest absolute Gasteiger partial charge is 0.255 e. The van der Waals surface area contributed by atoms with E-state index < -0.39 is 0 Å². The third kappa shape index (κ3) is 5.42. The summed E-state index contributed by atoms with van der Waals surface area (Å²) in [6.07, 6.45) is 0. The molecule has 0 saturated heterocycles. The molecule has 6 heteroatoms. The molecule has 0 aromatic heterocycles. The highest BCUT2D eigenvalue weighted by molar-refractivity contribution is 7.98. The summed E-state index contributed by atoms with van der Waals surface area (Å²) in [5.74, 6) is 0.581. The molecule has 1 N–H and O–H groups in total. The molecule has 132 valence electrons. The quantitative estimate of drug-likeness (QED) is 0.441. The number of hydrogen-bond donors (Lipinski definition) is 1. The monoisotopic (exact) mass is 421 g/mol. The van der Waals surface area contributed by atoms with Gasteiger partial charge >= 0.3 is 0 Å². The van der Waals surface area contributed by atoms with Gasteiger partial charge in [0.15, 0.2) is 0 Å². The molecule has 0 aliphatic rings. The maximum Gasteiger partial charge on any atom is 0.255 e. The molecule has 3 aromatic rings. The van der Waals surface area contributed by atoms with E-state index in [-0.39, 0.29) is 5.91 Å². The molecule has 0 unspecified atom stereocenters. The van der Waals surface area contributed by atoms with Gasteiger partial charge in [-0.05, 0) is 60.2 Å². The van der Waals surface area contributed by atoms with E-state index in [1.807, 2.05) is 48.5 Å². The van der Waals surface area contributed by atoms with Crippen LogP contribution < -0.4 is 5.32 Å². The van der Waals surface area contributed by atoms with Crippen LogP contribution in [0.15, 0.2) is 71.6 Å². The lowest BCUT2D eigenvalue weighted by molar-refractivity contribution is 0.102. The van der Waals surface area contributed by atoms with E-state index in [2.05, 4.69) is 5.32 Å². The maximum atomic E-state index is 12.3.